The maximum Gasteiger partial charge on any atom is 0.131 e. The van der Waals surface area contributed by atoms with Crippen molar-refractivity contribution in [2.75, 3.05) is 14.2 Å². The van der Waals surface area contributed by atoms with Crippen molar-refractivity contribution in [1.29, 1.82) is 0 Å². The average Bonchev–Trinajstić information content (AvgIpc) is 2.45. The van der Waals surface area contributed by atoms with E-state index in [1.54, 1.807) is 26.2 Å². The second-order valence-electron chi connectivity index (χ2n) is 4.59. The molecule has 0 fully saturated rings. The standard InChI is InChI=1S/C16H17BrFNO/c1-10-5-4-6-13(15(10)18)16(19-2)12-8-7-11(20-3)9-14(12)17/h4-9,16,19H,1-3H3. The van der Waals surface area contributed by atoms with Crippen molar-refractivity contribution in [3.8, 4) is 5.75 Å². The molecule has 1 unspecified atom stereocenters. The molecule has 1 N–H and O–H groups in total. The number of hydrogen-bond acceptors (Lipinski definition) is 2. The topological polar surface area (TPSA) is 21.3 Å². The third-order valence-corrected chi connectivity index (χ3v) is 4.03. The quantitative estimate of drug-likeness (QED) is 0.902. The lowest BCUT2D eigenvalue weighted by Crippen LogP contribution is -2.19. The molecule has 0 aliphatic heterocycles. The van der Waals surface area contributed by atoms with Crippen molar-refractivity contribution in [2.45, 2.75) is 13.0 Å². The maximum absolute atomic E-state index is 14.3. The van der Waals surface area contributed by atoms with Crippen LogP contribution in [0.15, 0.2) is 40.9 Å². The average molecular weight is 338 g/mol. The summed E-state index contributed by atoms with van der Waals surface area (Å²) < 4.78 is 20.4. The molecule has 2 rings (SSSR count). The molecule has 0 saturated heterocycles. The molecule has 2 aromatic carbocycles. The smallest absolute Gasteiger partial charge is 0.131 e. The van der Waals surface area contributed by atoms with Crippen LogP contribution >= 0.6 is 15.9 Å². The van der Waals surface area contributed by atoms with Gasteiger partial charge in [-0.25, -0.2) is 4.39 Å². The number of halogens is 2. The highest BCUT2D eigenvalue weighted by Crippen LogP contribution is 2.32. The van der Waals surface area contributed by atoms with Gasteiger partial charge in [0.1, 0.15) is 11.6 Å². The van der Waals surface area contributed by atoms with Gasteiger partial charge in [-0.1, -0.05) is 40.2 Å². The third-order valence-electron chi connectivity index (χ3n) is 3.34. The van der Waals surface area contributed by atoms with Gasteiger partial charge in [-0.05, 0) is 37.2 Å². The van der Waals surface area contributed by atoms with Gasteiger partial charge in [0.05, 0.1) is 13.2 Å². The number of rotatable bonds is 4. The lowest BCUT2D eigenvalue weighted by Gasteiger charge is -2.20. The van der Waals surface area contributed by atoms with Crippen molar-refractivity contribution >= 4 is 15.9 Å². The summed E-state index contributed by atoms with van der Waals surface area (Å²) >= 11 is 3.53. The van der Waals surface area contributed by atoms with Crippen molar-refractivity contribution in [3.05, 3.63) is 63.4 Å². The fraction of sp³-hybridized carbons (Fsp3) is 0.250. The second kappa shape index (κ2) is 6.37. The number of benzene rings is 2. The lowest BCUT2D eigenvalue weighted by atomic mass is 9.96. The predicted octanol–water partition coefficient (Wildman–Crippen LogP) is 4.21. The summed E-state index contributed by atoms with van der Waals surface area (Å²) in [5, 5.41) is 3.17. The summed E-state index contributed by atoms with van der Waals surface area (Å²) in [6, 6.07) is 10.9. The summed E-state index contributed by atoms with van der Waals surface area (Å²) in [6.45, 7) is 1.77. The fourth-order valence-corrected chi connectivity index (χ4v) is 2.83. The van der Waals surface area contributed by atoms with Crippen LogP contribution in [0.3, 0.4) is 0 Å². The van der Waals surface area contributed by atoms with E-state index in [0.717, 1.165) is 15.8 Å². The lowest BCUT2D eigenvalue weighted by molar-refractivity contribution is 0.414. The van der Waals surface area contributed by atoms with Gasteiger partial charge in [0.25, 0.3) is 0 Å². The van der Waals surface area contributed by atoms with E-state index in [1.165, 1.54) is 0 Å². The molecule has 4 heteroatoms. The van der Waals surface area contributed by atoms with Gasteiger partial charge in [-0.2, -0.15) is 0 Å². The molecule has 0 heterocycles. The zero-order valence-corrected chi connectivity index (χ0v) is 13.3. The van der Waals surface area contributed by atoms with Crippen LogP contribution in [0.5, 0.6) is 5.75 Å². The Morgan fingerprint density at radius 1 is 1.20 bits per heavy atom. The van der Waals surface area contributed by atoms with E-state index in [4.69, 9.17) is 4.74 Å². The first-order chi connectivity index (χ1) is 9.58. The van der Waals surface area contributed by atoms with Gasteiger partial charge in [0.15, 0.2) is 0 Å². The molecule has 2 nitrogen and oxygen atoms in total. The molecule has 0 radical (unpaired) electrons. The van der Waals surface area contributed by atoms with E-state index in [2.05, 4.69) is 21.2 Å². The highest BCUT2D eigenvalue weighted by Gasteiger charge is 2.19. The monoisotopic (exact) mass is 337 g/mol. The molecule has 0 aliphatic rings. The zero-order valence-electron chi connectivity index (χ0n) is 11.7. The number of aryl methyl sites for hydroxylation is 1. The molecule has 0 aromatic heterocycles. The van der Waals surface area contributed by atoms with Crippen LogP contribution in [0.1, 0.15) is 22.7 Å². The summed E-state index contributed by atoms with van der Waals surface area (Å²) in [4.78, 5) is 0. The van der Waals surface area contributed by atoms with E-state index in [-0.39, 0.29) is 11.9 Å². The first-order valence-corrected chi connectivity index (χ1v) is 7.13. The van der Waals surface area contributed by atoms with E-state index in [0.29, 0.717) is 11.1 Å². The van der Waals surface area contributed by atoms with Crippen LogP contribution in [0.2, 0.25) is 0 Å². The van der Waals surface area contributed by atoms with E-state index >= 15 is 0 Å². The van der Waals surface area contributed by atoms with E-state index in [1.807, 2.05) is 31.3 Å². The van der Waals surface area contributed by atoms with E-state index in [9.17, 15) is 4.39 Å². The molecule has 0 spiro atoms. The minimum Gasteiger partial charge on any atom is -0.497 e. The van der Waals surface area contributed by atoms with Crippen molar-refractivity contribution in [2.24, 2.45) is 0 Å². The van der Waals surface area contributed by atoms with Gasteiger partial charge < -0.3 is 10.1 Å². The van der Waals surface area contributed by atoms with Gasteiger partial charge in [0.2, 0.25) is 0 Å². The Hall–Kier alpha value is -1.39. The predicted molar refractivity (Wildman–Crippen MR) is 82.7 cm³/mol. The summed E-state index contributed by atoms with van der Waals surface area (Å²) in [7, 11) is 3.44. The Morgan fingerprint density at radius 2 is 1.95 bits per heavy atom. The van der Waals surface area contributed by atoms with E-state index < -0.39 is 0 Å². The summed E-state index contributed by atoms with van der Waals surface area (Å²) in [6.07, 6.45) is 0. The van der Waals surface area contributed by atoms with Crippen LogP contribution in [0.4, 0.5) is 4.39 Å². The largest absolute Gasteiger partial charge is 0.497 e. The normalized spacial score (nSPS) is 12.2. The fourth-order valence-electron chi connectivity index (χ4n) is 2.24. The molecule has 1 atom stereocenters. The maximum atomic E-state index is 14.3. The SMILES string of the molecule is CNC(c1ccc(OC)cc1Br)c1cccc(C)c1F. The van der Waals surface area contributed by atoms with Gasteiger partial charge >= 0.3 is 0 Å². The minimum absolute atomic E-state index is 0.172. The Balaban J connectivity index is 2.50. The van der Waals surface area contributed by atoms with Crippen LogP contribution in [0.25, 0.3) is 0 Å². The minimum atomic E-state index is -0.213. The molecule has 20 heavy (non-hydrogen) atoms. The van der Waals surface area contributed by atoms with Crippen LogP contribution in [-0.2, 0) is 0 Å². The zero-order chi connectivity index (χ0) is 14.7. The molecule has 106 valence electrons. The van der Waals surface area contributed by atoms with Gasteiger partial charge in [-0.3, -0.25) is 0 Å². The van der Waals surface area contributed by atoms with Crippen LogP contribution in [-0.4, -0.2) is 14.2 Å². The molecule has 0 aliphatic carbocycles. The van der Waals surface area contributed by atoms with Crippen molar-refractivity contribution < 1.29 is 9.13 Å². The molecular weight excluding hydrogens is 321 g/mol. The first-order valence-electron chi connectivity index (χ1n) is 6.34. The third kappa shape index (κ3) is 2.86. The molecule has 2 aromatic rings. The van der Waals surface area contributed by atoms with Crippen molar-refractivity contribution in [3.63, 3.8) is 0 Å². The summed E-state index contributed by atoms with van der Waals surface area (Å²) in [5.74, 6) is 0.592. The molecular formula is C16H17BrFNO. The Morgan fingerprint density at radius 3 is 2.55 bits per heavy atom. The second-order valence-corrected chi connectivity index (χ2v) is 5.44. The molecule has 0 bridgehead atoms. The number of nitrogens with one attached hydrogen (secondary N) is 1. The van der Waals surface area contributed by atoms with Gasteiger partial charge in [0, 0.05) is 10.0 Å². The highest BCUT2D eigenvalue weighted by atomic mass is 79.9. The van der Waals surface area contributed by atoms with Crippen LogP contribution in [0, 0.1) is 12.7 Å². The van der Waals surface area contributed by atoms with Crippen LogP contribution < -0.4 is 10.1 Å². The van der Waals surface area contributed by atoms with Gasteiger partial charge in [-0.15, -0.1) is 0 Å². The Bertz CT molecular complexity index is 615. The highest BCUT2D eigenvalue weighted by molar-refractivity contribution is 9.10. The first kappa shape index (κ1) is 15.0. The molecule has 0 amide bonds. The Labute approximate surface area is 127 Å². The van der Waals surface area contributed by atoms with Crippen molar-refractivity contribution in [1.82, 2.24) is 5.32 Å². The Kier molecular flexibility index (Phi) is 4.78. The number of methoxy groups -OCH3 is 1. The number of hydrogen-bond donors (Lipinski definition) is 1. The summed E-state index contributed by atoms with van der Waals surface area (Å²) in [5.41, 5.74) is 2.25. The number of ether oxygens (including phenoxy) is 1. The molecule has 0 saturated carbocycles.